The van der Waals surface area contributed by atoms with Gasteiger partial charge >= 0.3 is 5.97 Å². The predicted octanol–water partition coefficient (Wildman–Crippen LogP) is 3.23. The first-order valence-corrected chi connectivity index (χ1v) is 9.73. The topological polar surface area (TPSA) is 58.6 Å². The lowest BCUT2D eigenvalue weighted by atomic mass is 10.1. The molecule has 0 saturated heterocycles. The van der Waals surface area contributed by atoms with E-state index < -0.39 is 0 Å². The van der Waals surface area contributed by atoms with Crippen LogP contribution in [0.4, 0.5) is 5.00 Å². The van der Waals surface area contributed by atoms with Crippen molar-refractivity contribution in [2.75, 3.05) is 25.5 Å². The molecule has 0 aliphatic heterocycles. The van der Waals surface area contributed by atoms with E-state index in [4.69, 9.17) is 4.74 Å². The Bertz CT molecular complexity index is 620. The van der Waals surface area contributed by atoms with Crippen molar-refractivity contribution in [3.05, 3.63) is 16.0 Å². The molecule has 1 N–H and O–H groups in total. The average Bonchev–Trinajstić information content (AvgIpc) is 3.23. The van der Waals surface area contributed by atoms with Gasteiger partial charge in [-0.3, -0.25) is 9.69 Å². The molecule has 5 nitrogen and oxygen atoms in total. The van der Waals surface area contributed by atoms with E-state index in [9.17, 15) is 9.59 Å². The van der Waals surface area contributed by atoms with Gasteiger partial charge in [-0.1, -0.05) is 12.8 Å². The summed E-state index contributed by atoms with van der Waals surface area (Å²) in [7, 11) is 2.01. The summed E-state index contributed by atoms with van der Waals surface area (Å²) in [5, 5.41) is 3.64. The molecule has 0 spiro atoms. The highest BCUT2D eigenvalue weighted by Crippen LogP contribution is 2.39. The third kappa shape index (κ3) is 3.64. The van der Waals surface area contributed by atoms with Gasteiger partial charge in [-0.05, 0) is 51.6 Å². The van der Waals surface area contributed by atoms with Crippen LogP contribution in [0, 0.1) is 0 Å². The molecule has 1 aromatic rings. The molecule has 0 unspecified atom stereocenters. The molecule has 1 saturated carbocycles. The smallest absolute Gasteiger partial charge is 0.341 e. The number of hydrogen-bond acceptors (Lipinski definition) is 5. The molecular formula is C18H26N2O3S. The summed E-state index contributed by atoms with van der Waals surface area (Å²) in [6.07, 6.45) is 7.81. The Morgan fingerprint density at radius 3 is 2.71 bits per heavy atom. The van der Waals surface area contributed by atoms with Crippen LogP contribution < -0.4 is 5.32 Å². The number of carbonyl (C=O) groups is 2. The van der Waals surface area contributed by atoms with Gasteiger partial charge in [0.25, 0.3) is 0 Å². The second-order valence-electron chi connectivity index (χ2n) is 6.68. The molecule has 0 radical (unpaired) electrons. The fourth-order valence-electron chi connectivity index (χ4n) is 3.78. The summed E-state index contributed by atoms with van der Waals surface area (Å²) < 4.78 is 5.20. The third-order valence-corrected chi connectivity index (χ3v) is 6.20. The lowest BCUT2D eigenvalue weighted by Gasteiger charge is -2.23. The molecule has 2 aliphatic rings. The first kappa shape index (κ1) is 17.4. The summed E-state index contributed by atoms with van der Waals surface area (Å²) >= 11 is 1.54. The predicted molar refractivity (Wildman–Crippen MR) is 95.8 cm³/mol. The lowest BCUT2D eigenvalue weighted by Crippen LogP contribution is -2.36. The Morgan fingerprint density at radius 1 is 1.25 bits per heavy atom. The number of fused-ring (bicyclic) bond motifs is 1. The zero-order valence-electron chi connectivity index (χ0n) is 14.5. The number of thiophene rings is 1. The fourth-order valence-corrected chi connectivity index (χ4v) is 5.07. The number of anilines is 1. The first-order chi connectivity index (χ1) is 11.6. The van der Waals surface area contributed by atoms with Crippen molar-refractivity contribution >= 4 is 28.2 Å². The molecule has 1 heterocycles. The van der Waals surface area contributed by atoms with Crippen molar-refractivity contribution in [3.8, 4) is 0 Å². The maximum atomic E-state index is 12.4. The minimum Gasteiger partial charge on any atom is -0.462 e. The van der Waals surface area contributed by atoms with Crippen molar-refractivity contribution in [1.82, 2.24) is 4.90 Å². The Balaban J connectivity index is 1.70. The molecule has 0 bridgehead atoms. The summed E-state index contributed by atoms with van der Waals surface area (Å²) in [5.41, 5.74) is 1.67. The number of aryl methyl sites for hydroxylation is 1. The van der Waals surface area contributed by atoms with Crippen LogP contribution in [0.3, 0.4) is 0 Å². The molecule has 1 fully saturated rings. The number of likely N-dealkylation sites (N-methyl/N-ethyl adjacent to an activating group) is 1. The molecule has 1 aromatic heterocycles. The van der Waals surface area contributed by atoms with E-state index in [0.29, 0.717) is 29.8 Å². The minimum absolute atomic E-state index is 0.0464. The van der Waals surface area contributed by atoms with Gasteiger partial charge in [-0.25, -0.2) is 4.79 Å². The fraction of sp³-hybridized carbons (Fsp3) is 0.667. The van der Waals surface area contributed by atoms with Crippen LogP contribution in [0.15, 0.2) is 0 Å². The van der Waals surface area contributed by atoms with Gasteiger partial charge in [-0.15, -0.1) is 11.3 Å². The normalized spacial score (nSPS) is 17.3. The first-order valence-electron chi connectivity index (χ1n) is 8.92. The molecule has 0 aromatic carbocycles. The van der Waals surface area contributed by atoms with Crippen LogP contribution in [-0.2, 0) is 22.4 Å². The van der Waals surface area contributed by atoms with Crippen molar-refractivity contribution in [2.24, 2.45) is 0 Å². The zero-order valence-corrected chi connectivity index (χ0v) is 15.3. The van der Waals surface area contributed by atoms with E-state index in [-0.39, 0.29) is 11.9 Å². The van der Waals surface area contributed by atoms with Crippen molar-refractivity contribution in [2.45, 2.75) is 57.9 Å². The molecule has 0 atom stereocenters. The van der Waals surface area contributed by atoms with Gasteiger partial charge in [0.2, 0.25) is 5.91 Å². The van der Waals surface area contributed by atoms with E-state index in [1.54, 1.807) is 6.92 Å². The van der Waals surface area contributed by atoms with Gasteiger partial charge in [0.1, 0.15) is 5.00 Å². The van der Waals surface area contributed by atoms with Crippen LogP contribution >= 0.6 is 11.3 Å². The Labute approximate surface area is 147 Å². The standard InChI is InChI=1S/C18H26N2O3S/c1-3-23-18(22)16-13-9-6-10-14(13)24-17(16)19-15(21)11-20(2)12-7-4-5-8-12/h12H,3-11H2,1-2H3,(H,19,21). The van der Waals surface area contributed by atoms with E-state index in [2.05, 4.69) is 10.2 Å². The second-order valence-corrected chi connectivity index (χ2v) is 7.79. The number of esters is 1. The number of amides is 1. The summed E-state index contributed by atoms with van der Waals surface area (Å²) in [6, 6.07) is 0.508. The van der Waals surface area contributed by atoms with Gasteiger partial charge in [0.05, 0.1) is 18.7 Å². The van der Waals surface area contributed by atoms with Crippen LogP contribution in [0.25, 0.3) is 0 Å². The van der Waals surface area contributed by atoms with E-state index >= 15 is 0 Å². The van der Waals surface area contributed by atoms with Crippen molar-refractivity contribution in [1.29, 1.82) is 0 Å². The Kier molecular flexibility index (Phi) is 5.56. The quantitative estimate of drug-likeness (QED) is 0.800. The zero-order chi connectivity index (χ0) is 17.1. The summed E-state index contributed by atoms with van der Waals surface area (Å²) in [6.45, 7) is 2.52. The number of ether oxygens (including phenoxy) is 1. The number of carbonyl (C=O) groups excluding carboxylic acids is 2. The van der Waals surface area contributed by atoms with Crippen molar-refractivity contribution in [3.63, 3.8) is 0 Å². The van der Waals surface area contributed by atoms with Gasteiger partial charge < -0.3 is 10.1 Å². The number of nitrogens with one attached hydrogen (secondary N) is 1. The van der Waals surface area contributed by atoms with Crippen LogP contribution in [0.5, 0.6) is 0 Å². The second kappa shape index (κ2) is 7.66. The highest BCUT2D eigenvalue weighted by molar-refractivity contribution is 7.17. The summed E-state index contributed by atoms with van der Waals surface area (Å²) in [5.74, 6) is -0.355. The SMILES string of the molecule is CCOC(=O)c1c(NC(=O)CN(C)C2CCCC2)sc2c1CCC2. The lowest BCUT2D eigenvalue weighted by molar-refractivity contribution is -0.117. The van der Waals surface area contributed by atoms with Gasteiger partial charge in [-0.2, -0.15) is 0 Å². The molecule has 6 heteroatoms. The van der Waals surface area contributed by atoms with Crippen LogP contribution in [0.2, 0.25) is 0 Å². The third-order valence-electron chi connectivity index (χ3n) is 4.99. The molecule has 24 heavy (non-hydrogen) atoms. The highest BCUT2D eigenvalue weighted by atomic mass is 32.1. The van der Waals surface area contributed by atoms with Gasteiger partial charge in [0, 0.05) is 10.9 Å². The molecule has 2 aliphatic carbocycles. The maximum absolute atomic E-state index is 12.4. The van der Waals surface area contributed by atoms with E-state index in [1.165, 1.54) is 41.9 Å². The number of rotatable bonds is 6. The summed E-state index contributed by atoms with van der Waals surface area (Å²) in [4.78, 5) is 28.1. The largest absolute Gasteiger partial charge is 0.462 e. The molecule has 132 valence electrons. The van der Waals surface area contributed by atoms with E-state index in [1.807, 2.05) is 7.05 Å². The van der Waals surface area contributed by atoms with Crippen molar-refractivity contribution < 1.29 is 14.3 Å². The average molecular weight is 350 g/mol. The highest BCUT2D eigenvalue weighted by Gasteiger charge is 2.29. The van der Waals surface area contributed by atoms with Crippen LogP contribution in [0.1, 0.15) is 59.8 Å². The Hall–Kier alpha value is -1.40. The van der Waals surface area contributed by atoms with Gasteiger partial charge in [0.15, 0.2) is 0 Å². The maximum Gasteiger partial charge on any atom is 0.341 e. The van der Waals surface area contributed by atoms with Crippen LogP contribution in [-0.4, -0.2) is 43.0 Å². The minimum atomic E-state index is -0.309. The Morgan fingerprint density at radius 2 is 2.00 bits per heavy atom. The number of nitrogens with zero attached hydrogens (tertiary/aromatic N) is 1. The monoisotopic (exact) mass is 350 g/mol. The van der Waals surface area contributed by atoms with E-state index in [0.717, 1.165) is 24.8 Å². The molecule has 1 amide bonds. The molecule has 3 rings (SSSR count). The molecular weight excluding hydrogens is 324 g/mol. The number of hydrogen-bond donors (Lipinski definition) is 1.